The third-order valence-corrected chi connectivity index (χ3v) is 4.01. The summed E-state index contributed by atoms with van der Waals surface area (Å²) in [6, 6.07) is 23.6. The molecule has 116 valence electrons. The van der Waals surface area contributed by atoms with Gasteiger partial charge in [-0.05, 0) is 23.3 Å². The third-order valence-electron chi connectivity index (χ3n) is 4.01. The van der Waals surface area contributed by atoms with E-state index in [4.69, 9.17) is 0 Å². The van der Waals surface area contributed by atoms with Gasteiger partial charge in [0, 0.05) is 17.0 Å². The van der Waals surface area contributed by atoms with Crippen LogP contribution in [0.2, 0.25) is 0 Å². The van der Waals surface area contributed by atoms with Crippen molar-refractivity contribution in [2.45, 2.75) is 0 Å². The number of pyridine rings is 1. The van der Waals surface area contributed by atoms with E-state index in [0.717, 1.165) is 28.5 Å². The van der Waals surface area contributed by atoms with E-state index in [1.54, 1.807) is 0 Å². The van der Waals surface area contributed by atoms with Crippen molar-refractivity contribution in [2.24, 2.45) is 0 Å². The number of nitrogens with zero attached hydrogens (tertiary/aromatic N) is 1. The molecule has 1 nitrogen and oxygen atoms in total. The molecular weight excluding hydrogens is 304 g/mol. The van der Waals surface area contributed by atoms with Gasteiger partial charge in [-0.3, -0.25) is 0 Å². The molecule has 1 heterocycles. The van der Waals surface area contributed by atoms with Crippen LogP contribution in [0.3, 0.4) is 0 Å². The lowest BCUT2D eigenvalue weighted by Crippen LogP contribution is -1.93. The first-order valence-electron chi connectivity index (χ1n) is 7.63. The fourth-order valence-corrected chi connectivity index (χ4v) is 2.83. The van der Waals surface area contributed by atoms with Gasteiger partial charge in [-0.25, -0.2) is 13.8 Å². The van der Waals surface area contributed by atoms with Gasteiger partial charge in [0.15, 0.2) is 11.6 Å². The van der Waals surface area contributed by atoms with Crippen LogP contribution >= 0.6 is 0 Å². The lowest BCUT2D eigenvalue weighted by molar-refractivity contribution is 0.510. The first-order chi connectivity index (χ1) is 11.7. The van der Waals surface area contributed by atoms with Crippen LogP contribution in [0.5, 0.6) is 0 Å². The monoisotopic (exact) mass is 317 g/mol. The van der Waals surface area contributed by atoms with Crippen LogP contribution in [-0.4, -0.2) is 4.98 Å². The van der Waals surface area contributed by atoms with E-state index in [-0.39, 0.29) is 0 Å². The van der Waals surface area contributed by atoms with Gasteiger partial charge in [-0.1, -0.05) is 60.7 Å². The van der Waals surface area contributed by atoms with Crippen LogP contribution < -0.4 is 0 Å². The van der Waals surface area contributed by atoms with Crippen molar-refractivity contribution in [3.8, 4) is 22.4 Å². The highest BCUT2D eigenvalue weighted by molar-refractivity contribution is 5.96. The summed E-state index contributed by atoms with van der Waals surface area (Å²) in [5.74, 6) is -1.76. The number of hydrogen-bond donors (Lipinski definition) is 0. The summed E-state index contributed by atoms with van der Waals surface area (Å²) in [6.45, 7) is 0. The van der Waals surface area contributed by atoms with Crippen molar-refractivity contribution in [3.63, 3.8) is 0 Å². The molecular formula is C21H13F2N. The van der Waals surface area contributed by atoms with E-state index in [1.165, 1.54) is 6.07 Å². The summed E-state index contributed by atoms with van der Waals surface area (Å²) in [5.41, 5.74) is 3.87. The van der Waals surface area contributed by atoms with Gasteiger partial charge in [-0.2, -0.15) is 0 Å². The predicted molar refractivity (Wildman–Crippen MR) is 92.5 cm³/mol. The van der Waals surface area contributed by atoms with Crippen molar-refractivity contribution in [1.29, 1.82) is 0 Å². The van der Waals surface area contributed by atoms with Gasteiger partial charge < -0.3 is 0 Å². The third kappa shape index (κ3) is 2.54. The molecule has 0 unspecified atom stereocenters. The first kappa shape index (κ1) is 14.5. The van der Waals surface area contributed by atoms with Crippen molar-refractivity contribution < 1.29 is 8.78 Å². The number of hydrogen-bond acceptors (Lipinski definition) is 1. The number of rotatable bonds is 2. The second kappa shape index (κ2) is 5.85. The summed E-state index contributed by atoms with van der Waals surface area (Å²) >= 11 is 0. The summed E-state index contributed by atoms with van der Waals surface area (Å²) in [5, 5.41) is 0.597. The van der Waals surface area contributed by atoms with Gasteiger partial charge in [0.25, 0.3) is 0 Å². The minimum atomic E-state index is -0.890. The number of fused-ring (bicyclic) bond motifs is 1. The van der Waals surface area contributed by atoms with Gasteiger partial charge >= 0.3 is 0 Å². The lowest BCUT2D eigenvalue weighted by Gasteiger charge is -2.11. The maximum Gasteiger partial charge on any atom is 0.161 e. The Morgan fingerprint density at radius 2 is 1.21 bits per heavy atom. The van der Waals surface area contributed by atoms with E-state index < -0.39 is 11.6 Å². The van der Waals surface area contributed by atoms with Gasteiger partial charge in [0.05, 0.1) is 11.2 Å². The molecule has 3 aromatic carbocycles. The number of benzene rings is 3. The molecule has 4 rings (SSSR count). The summed E-state index contributed by atoms with van der Waals surface area (Å²) in [6.07, 6.45) is 0. The largest absolute Gasteiger partial charge is 0.248 e. The Morgan fingerprint density at radius 3 is 1.88 bits per heavy atom. The molecule has 0 saturated heterocycles. The first-order valence-corrected chi connectivity index (χ1v) is 7.63. The highest BCUT2D eigenvalue weighted by Gasteiger charge is 2.13. The Bertz CT molecular complexity index is 1010. The van der Waals surface area contributed by atoms with Crippen LogP contribution in [0.25, 0.3) is 33.3 Å². The number of aromatic nitrogens is 1. The molecule has 4 aromatic rings. The van der Waals surface area contributed by atoms with Crippen molar-refractivity contribution in [1.82, 2.24) is 4.98 Å². The molecule has 0 aliphatic heterocycles. The quantitative estimate of drug-likeness (QED) is 0.452. The average molecular weight is 317 g/mol. The van der Waals surface area contributed by atoms with Crippen molar-refractivity contribution >= 4 is 10.9 Å². The summed E-state index contributed by atoms with van der Waals surface area (Å²) in [4.78, 5) is 4.53. The van der Waals surface area contributed by atoms with E-state index in [0.29, 0.717) is 10.9 Å². The van der Waals surface area contributed by atoms with Crippen LogP contribution in [0, 0.1) is 11.6 Å². The van der Waals surface area contributed by atoms with Gasteiger partial charge in [-0.15, -0.1) is 0 Å². The van der Waals surface area contributed by atoms with E-state index in [2.05, 4.69) is 4.98 Å². The normalized spacial score (nSPS) is 10.9. The minimum absolute atomic E-state index is 0.439. The van der Waals surface area contributed by atoms with Gasteiger partial charge in [0.2, 0.25) is 0 Å². The Labute approximate surface area is 138 Å². The molecule has 0 spiro atoms. The molecule has 0 aliphatic carbocycles. The predicted octanol–water partition coefficient (Wildman–Crippen LogP) is 5.85. The number of halogens is 2. The topological polar surface area (TPSA) is 12.9 Å². The molecule has 0 aliphatic rings. The minimum Gasteiger partial charge on any atom is -0.248 e. The SMILES string of the molecule is Fc1cc2nc(-c3ccccc3)cc(-c3ccccc3)c2cc1F. The fraction of sp³-hybridized carbons (Fsp3) is 0. The van der Waals surface area contributed by atoms with Crippen LogP contribution in [0.15, 0.2) is 78.9 Å². The smallest absolute Gasteiger partial charge is 0.161 e. The Morgan fingerprint density at radius 1 is 0.625 bits per heavy atom. The van der Waals surface area contributed by atoms with Crippen molar-refractivity contribution in [3.05, 3.63) is 90.5 Å². The lowest BCUT2D eigenvalue weighted by atomic mass is 9.98. The Balaban J connectivity index is 2.06. The summed E-state index contributed by atoms with van der Waals surface area (Å²) in [7, 11) is 0. The second-order valence-electron chi connectivity index (χ2n) is 5.57. The molecule has 0 bridgehead atoms. The van der Waals surface area contributed by atoms with E-state index in [9.17, 15) is 8.78 Å². The van der Waals surface area contributed by atoms with E-state index >= 15 is 0 Å². The van der Waals surface area contributed by atoms with Crippen LogP contribution in [0.4, 0.5) is 8.78 Å². The van der Waals surface area contributed by atoms with E-state index in [1.807, 2.05) is 66.7 Å². The van der Waals surface area contributed by atoms with Crippen molar-refractivity contribution in [2.75, 3.05) is 0 Å². The molecule has 0 atom stereocenters. The highest BCUT2D eigenvalue weighted by atomic mass is 19.2. The fourth-order valence-electron chi connectivity index (χ4n) is 2.83. The molecule has 24 heavy (non-hydrogen) atoms. The molecule has 0 amide bonds. The zero-order chi connectivity index (χ0) is 16.5. The van der Waals surface area contributed by atoms with Crippen LogP contribution in [-0.2, 0) is 0 Å². The zero-order valence-corrected chi connectivity index (χ0v) is 12.7. The summed E-state index contributed by atoms with van der Waals surface area (Å²) < 4.78 is 27.5. The standard InChI is InChI=1S/C21H13F2N/c22-18-11-17-16(14-7-3-1-4-8-14)12-20(15-9-5-2-6-10-15)24-21(17)13-19(18)23/h1-13H. The Kier molecular flexibility index (Phi) is 3.54. The maximum atomic E-state index is 13.8. The molecule has 1 aromatic heterocycles. The van der Waals surface area contributed by atoms with Crippen LogP contribution in [0.1, 0.15) is 0 Å². The van der Waals surface area contributed by atoms with Gasteiger partial charge in [0.1, 0.15) is 0 Å². The second-order valence-corrected chi connectivity index (χ2v) is 5.57. The molecule has 0 N–H and O–H groups in total. The molecule has 0 saturated carbocycles. The zero-order valence-electron chi connectivity index (χ0n) is 12.7. The molecule has 0 radical (unpaired) electrons. The Hall–Kier alpha value is -3.07. The average Bonchev–Trinajstić information content (AvgIpc) is 2.63. The maximum absolute atomic E-state index is 13.8. The molecule has 0 fully saturated rings. The molecule has 3 heteroatoms. The highest BCUT2D eigenvalue weighted by Crippen LogP contribution is 2.33.